The minimum absolute atomic E-state index is 0.0595. The number of hydrogen-bond donors (Lipinski definition) is 0. The highest BCUT2D eigenvalue weighted by atomic mass is 15.0. The summed E-state index contributed by atoms with van der Waals surface area (Å²) < 4.78 is 2.68. The van der Waals surface area contributed by atoms with E-state index in [1.165, 1.54) is 44.1 Å². The molecule has 3 heteroatoms. The molecule has 2 heterocycles. The lowest BCUT2D eigenvalue weighted by molar-refractivity contribution is 0.571. The van der Waals surface area contributed by atoms with Crippen LogP contribution >= 0.6 is 0 Å². The maximum Gasteiger partial charge on any atom is 0.160 e. The molecule has 0 amide bonds. The highest BCUT2D eigenvalue weighted by molar-refractivity contribution is 6.14. The average Bonchev–Trinajstić information content (AvgIpc) is 3.61. The van der Waals surface area contributed by atoms with E-state index in [2.05, 4.69) is 251 Å². The van der Waals surface area contributed by atoms with Gasteiger partial charge in [-0.25, -0.2) is 9.97 Å². The molecule has 2 aromatic heterocycles. The van der Waals surface area contributed by atoms with Gasteiger partial charge < -0.3 is 4.57 Å². The first-order chi connectivity index (χ1) is 30.8. The van der Waals surface area contributed by atoms with E-state index in [0.29, 0.717) is 5.82 Å². The number of rotatable bonds is 6. The van der Waals surface area contributed by atoms with Crippen LogP contribution in [0.1, 0.15) is 105 Å². The summed E-state index contributed by atoms with van der Waals surface area (Å²) in [5, 5.41) is 2.59. The highest BCUT2D eigenvalue weighted by Crippen LogP contribution is 2.50. The van der Waals surface area contributed by atoms with Gasteiger partial charge in [-0.15, -0.1) is 0 Å². The van der Waals surface area contributed by atoms with Crippen LogP contribution in [0.25, 0.3) is 83.6 Å². The summed E-state index contributed by atoms with van der Waals surface area (Å²) in [6, 6.07) is 59.7. The van der Waals surface area contributed by atoms with E-state index in [0.717, 1.165) is 56.0 Å². The van der Waals surface area contributed by atoms with Crippen LogP contribution < -0.4 is 0 Å². The summed E-state index contributed by atoms with van der Waals surface area (Å²) in [5.41, 5.74) is 17.9. The number of fused-ring (bicyclic) bond motifs is 3. The third-order valence-electron chi connectivity index (χ3n) is 12.9. The van der Waals surface area contributed by atoms with Gasteiger partial charge in [0.2, 0.25) is 0 Å². The van der Waals surface area contributed by atoms with Gasteiger partial charge in [-0.3, -0.25) is 0 Å². The van der Waals surface area contributed by atoms with Crippen molar-refractivity contribution in [1.82, 2.24) is 14.5 Å². The Kier molecular flexibility index (Phi) is 10.8. The third kappa shape index (κ3) is 8.34. The first kappa shape index (κ1) is 43.7. The molecule has 0 atom stereocenters. The van der Waals surface area contributed by atoms with E-state index >= 15 is 0 Å². The van der Waals surface area contributed by atoms with Gasteiger partial charge in [0.25, 0.3) is 0 Å². The van der Waals surface area contributed by atoms with Gasteiger partial charge in [0.05, 0.1) is 28.1 Å². The van der Waals surface area contributed by atoms with Crippen LogP contribution in [0.15, 0.2) is 164 Å². The summed E-state index contributed by atoms with van der Waals surface area (Å²) in [5.74, 6) is 0.684. The average molecular weight is 850 g/mol. The molecule has 9 rings (SSSR count). The fourth-order valence-electron chi connectivity index (χ4n) is 9.28. The van der Waals surface area contributed by atoms with Crippen molar-refractivity contribution in [3.8, 4) is 61.8 Å². The highest BCUT2D eigenvalue weighted by Gasteiger charge is 2.33. The molecule has 0 bridgehead atoms. The summed E-state index contributed by atoms with van der Waals surface area (Å²) in [4.78, 5) is 10.8. The maximum atomic E-state index is 5.40. The van der Waals surface area contributed by atoms with Crippen LogP contribution in [-0.4, -0.2) is 14.5 Å². The lowest BCUT2D eigenvalue weighted by Gasteiger charge is -2.29. The molecule has 9 aromatic rings. The smallest absolute Gasteiger partial charge is 0.160 e. The summed E-state index contributed by atoms with van der Waals surface area (Å²) >= 11 is 0. The molecule has 0 radical (unpaired) electrons. The summed E-state index contributed by atoms with van der Waals surface area (Å²) in [7, 11) is 0. The third-order valence-corrected chi connectivity index (χ3v) is 12.9. The van der Waals surface area contributed by atoms with Crippen molar-refractivity contribution in [1.29, 1.82) is 0 Å². The van der Waals surface area contributed by atoms with Gasteiger partial charge in [0.1, 0.15) is 0 Å². The zero-order chi connectivity index (χ0) is 46.1. The molecule has 0 saturated heterocycles. The van der Waals surface area contributed by atoms with Crippen molar-refractivity contribution >= 4 is 21.8 Å². The maximum absolute atomic E-state index is 5.40. The standard InChI is InChI=1S/C62H63N3/c1-59(2,3)45-35-49-50-36-46(60(4,5)6)38-52(62(10,11)12)57(50)65(56(49)51(37-45)61(7,8)9)55-47(40-25-17-13-18-26-40)33-44(34-48(55)41-27-19-14-20-28-41)58-63-53(42-29-21-15-22-30-42)39-54(64-58)43-31-23-16-24-32-43/h13-39H,1-12H3. The summed E-state index contributed by atoms with van der Waals surface area (Å²) in [6.45, 7) is 28.3. The Morgan fingerprint density at radius 2 is 0.677 bits per heavy atom. The molecule has 0 aliphatic carbocycles. The second kappa shape index (κ2) is 16.1. The topological polar surface area (TPSA) is 30.7 Å². The summed E-state index contributed by atoms with van der Waals surface area (Å²) in [6.07, 6.45) is 0. The predicted octanol–water partition coefficient (Wildman–Crippen LogP) is 17.1. The van der Waals surface area contributed by atoms with E-state index in [-0.39, 0.29) is 21.7 Å². The molecule has 0 unspecified atom stereocenters. The molecular formula is C62H63N3. The first-order valence-corrected chi connectivity index (χ1v) is 23.2. The van der Waals surface area contributed by atoms with Gasteiger partial charge >= 0.3 is 0 Å². The number of nitrogens with zero attached hydrogens (tertiary/aromatic N) is 3. The van der Waals surface area contributed by atoms with Gasteiger partial charge in [-0.2, -0.15) is 0 Å². The van der Waals surface area contributed by atoms with Crippen LogP contribution in [0.5, 0.6) is 0 Å². The Hall–Kier alpha value is -6.58. The van der Waals surface area contributed by atoms with E-state index in [1.54, 1.807) is 0 Å². The molecule has 0 aliphatic heterocycles. The fourth-order valence-corrected chi connectivity index (χ4v) is 9.28. The van der Waals surface area contributed by atoms with Crippen LogP contribution in [0, 0.1) is 0 Å². The molecule has 3 nitrogen and oxygen atoms in total. The van der Waals surface area contributed by atoms with Crippen LogP contribution in [0.3, 0.4) is 0 Å². The van der Waals surface area contributed by atoms with Crippen LogP contribution in [0.2, 0.25) is 0 Å². The van der Waals surface area contributed by atoms with Gasteiger partial charge in [-0.1, -0.05) is 217 Å². The van der Waals surface area contributed by atoms with Crippen molar-refractivity contribution in [3.05, 3.63) is 186 Å². The lowest BCUT2D eigenvalue weighted by Crippen LogP contribution is -2.19. The molecule has 0 fully saturated rings. The Balaban J connectivity index is 1.52. The fraction of sp³-hybridized carbons (Fsp3) is 0.258. The number of hydrogen-bond acceptors (Lipinski definition) is 2. The van der Waals surface area contributed by atoms with E-state index < -0.39 is 0 Å². The van der Waals surface area contributed by atoms with E-state index in [4.69, 9.17) is 9.97 Å². The van der Waals surface area contributed by atoms with Crippen molar-refractivity contribution < 1.29 is 0 Å². The first-order valence-electron chi connectivity index (χ1n) is 23.2. The van der Waals surface area contributed by atoms with Crippen LogP contribution in [0.4, 0.5) is 0 Å². The molecule has 0 spiro atoms. The van der Waals surface area contributed by atoms with Crippen molar-refractivity contribution in [2.45, 2.75) is 105 Å². The Bertz CT molecular complexity index is 2980. The van der Waals surface area contributed by atoms with Gasteiger partial charge in [0.15, 0.2) is 5.82 Å². The quantitative estimate of drug-likeness (QED) is 0.167. The molecule has 65 heavy (non-hydrogen) atoms. The second-order valence-electron chi connectivity index (χ2n) is 22.0. The van der Waals surface area contributed by atoms with Gasteiger partial charge in [-0.05, 0) is 85.4 Å². The van der Waals surface area contributed by atoms with Crippen molar-refractivity contribution in [2.75, 3.05) is 0 Å². The molecular weight excluding hydrogens is 787 g/mol. The number of aromatic nitrogens is 3. The van der Waals surface area contributed by atoms with Crippen molar-refractivity contribution in [3.63, 3.8) is 0 Å². The molecule has 7 aromatic carbocycles. The lowest BCUT2D eigenvalue weighted by atomic mass is 9.78. The zero-order valence-electron chi connectivity index (χ0n) is 40.4. The monoisotopic (exact) mass is 850 g/mol. The zero-order valence-corrected chi connectivity index (χ0v) is 40.4. The van der Waals surface area contributed by atoms with E-state index in [1.807, 2.05) is 0 Å². The van der Waals surface area contributed by atoms with Gasteiger partial charge in [0, 0.05) is 38.6 Å². The normalized spacial score (nSPS) is 12.6. The van der Waals surface area contributed by atoms with E-state index in [9.17, 15) is 0 Å². The minimum Gasteiger partial charge on any atom is -0.307 e. The Morgan fingerprint density at radius 3 is 1.00 bits per heavy atom. The molecule has 0 aliphatic rings. The molecule has 0 N–H and O–H groups in total. The van der Waals surface area contributed by atoms with Crippen LogP contribution in [-0.2, 0) is 21.7 Å². The minimum atomic E-state index is -0.181. The second-order valence-corrected chi connectivity index (χ2v) is 22.0. The Labute approximate surface area is 387 Å². The van der Waals surface area contributed by atoms with Crippen molar-refractivity contribution in [2.24, 2.45) is 0 Å². The predicted molar refractivity (Wildman–Crippen MR) is 278 cm³/mol. The SMILES string of the molecule is CC(C)(C)c1cc(C(C)(C)C)c2c(c1)c1cc(C(C)(C)C)cc(C(C)(C)C)c1n2-c1c(-c2ccccc2)cc(-c2nc(-c3ccccc3)cc(-c3ccccc3)n2)cc1-c1ccccc1. The largest absolute Gasteiger partial charge is 0.307 e. The molecule has 0 saturated carbocycles. The number of benzene rings is 7. The molecule has 326 valence electrons. The Morgan fingerprint density at radius 1 is 0.338 bits per heavy atom.